The van der Waals surface area contributed by atoms with Crippen molar-refractivity contribution in [1.82, 2.24) is 0 Å². The second kappa shape index (κ2) is 9.99. The van der Waals surface area contributed by atoms with Crippen molar-refractivity contribution in [2.24, 2.45) is 0 Å². The lowest BCUT2D eigenvalue weighted by Gasteiger charge is -2.59. The van der Waals surface area contributed by atoms with Crippen LogP contribution in [0.5, 0.6) is 0 Å². The van der Waals surface area contributed by atoms with E-state index in [2.05, 4.69) is 0 Å². The van der Waals surface area contributed by atoms with Crippen molar-refractivity contribution in [1.29, 1.82) is 0 Å². The molecule has 0 bridgehead atoms. The fraction of sp³-hybridized carbons (Fsp3) is 0.321. The Morgan fingerprint density at radius 3 is 1.80 bits per heavy atom. The molecule has 7 heteroatoms. The van der Waals surface area contributed by atoms with Gasteiger partial charge in [0.15, 0.2) is 6.29 Å². The zero-order chi connectivity index (χ0) is 25.1. The van der Waals surface area contributed by atoms with E-state index in [1.165, 1.54) is 19.2 Å². The highest BCUT2D eigenvalue weighted by Gasteiger charge is 2.74. The van der Waals surface area contributed by atoms with Crippen molar-refractivity contribution in [2.75, 3.05) is 13.7 Å². The Morgan fingerprint density at radius 1 is 0.829 bits per heavy atom. The van der Waals surface area contributed by atoms with Gasteiger partial charge in [-0.25, -0.2) is 0 Å². The molecule has 0 aliphatic carbocycles. The zero-order valence-electron chi connectivity index (χ0n) is 19.4. The first-order valence-electron chi connectivity index (χ1n) is 11.4. The normalized spacial score (nSPS) is 30.7. The second-order valence-electron chi connectivity index (χ2n) is 8.95. The Morgan fingerprint density at radius 2 is 1.31 bits per heavy atom. The van der Waals surface area contributed by atoms with Crippen LogP contribution < -0.4 is 0 Å². The largest absolute Gasteiger partial charge is 0.394 e. The topological polar surface area (TPSA) is 116 Å². The van der Waals surface area contributed by atoms with Crippen LogP contribution in [0, 0.1) is 0 Å². The minimum atomic E-state index is -2.73. The second-order valence-corrected chi connectivity index (χ2v) is 8.95. The predicted octanol–water partition coefficient (Wildman–Crippen LogP) is 1.91. The Bertz CT molecular complexity index is 1120. The Labute approximate surface area is 204 Å². The number of Topliss-reactive ketones (excluding diaryl/α,β-unsaturated/α-hetero) is 1. The van der Waals surface area contributed by atoms with Gasteiger partial charge >= 0.3 is 0 Å². The molecule has 1 saturated heterocycles. The molecule has 5 atom stereocenters. The summed E-state index contributed by atoms with van der Waals surface area (Å²) < 4.78 is 11.2. The summed E-state index contributed by atoms with van der Waals surface area (Å²) in [5.74, 6) is -0.869. The van der Waals surface area contributed by atoms with Crippen LogP contribution in [-0.4, -0.2) is 69.1 Å². The molecular weight excluding hydrogens is 448 g/mol. The number of carbonyl (C=O) groups is 1. The van der Waals surface area contributed by atoms with Crippen molar-refractivity contribution in [3.63, 3.8) is 0 Å². The third-order valence-electron chi connectivity index (χ3n) is 6.89. The maximum absolute atomic E-state index is 13.9. The fourth-order valence-corrected chi connectivity index (χ4v) is 5.02. The van der Waals surface area contributed by atoms with Crippen molar-refractivity contribution in [2.45, 2.75) is 42.0 Å². The minimum Gasteiger partial charge on any atom is -0.394 e. The lowest BCUT2D eigenvalue weighted by molar-refractivity contribution is -0.382. The van der Waals surface area contributed by atoms with Gasteiger partial charge in [0.1, 0.15) is 17.3 Å². The number of ether oxygens (including phenoxy) is 2. The van der Waals surface area contributed by atoms with Crippen LogP contribution in [0.1, 0.15) is 21.5 Å². The first-order valence-corrected chi connectivity index (χ1v) is 11.4. The molecule has 4 N–H and O–H groups in total. The van der Waals surface area contributed by atoms with E-state index in [9.17, 15) is 25.2 Å². The quantitative estimate of drug-likeness (QED) is 0.366. The Balaban J connectivity index is 1.95. The first-order chi connectivity index (χ1) is 16.8. The monoisotopic (exact) mass is 478 g/mol. The summed E-state index contributed by atoms with van der Waals surface area (Å²) in [4.78, 5) is 13.9. The number of hydrogen-bond acceptors (Lipinski definition) is 7. The van der Waals surface area contributed by atoms with Gasteiger partial charge < -0.3 is 29.9 Å². The molecule has 35 heavy (non-hydrogen) atoms. The molecule has 0 radical (unpaired) electrons. The van der Waals surface area contributed by atoms with Crippen LogP contribution in [0.2, 0.25) is 0 Å². The molecule has 3 aromatic carbocycles. The van der Waals surface area contributed by atoms with E-state index in [1.54, 1.807) is 78.9 Å². The number of aliphatic hydroxyl groups is 4. The molecule has 1 fully saturated rings. The average Bonchev–Trinajstić information content (AvgIpc) is 2.89. The summed E-state index contributed by atoms with van der Waals surface area (Å²) in [7, 11) is 1.23. The molecule has 0 saturated carbocycles. The van der Waals surface area contributed by atoms with Gasteiger partial charge in [-0.2, -0.15) is 0 Å². The van der Waals surface area contributed by atoms with Crippen LogP contribution in [0.3, 0.4) is 0 Å². The zero-order valence-corrected chi connectivity index (χ0v) is 19.4. The lowest BCUT2D eigenvalue weighted by Crippen LogP contribution is -2.84. The molecule has 7 nitrogen and oxygen atoms in total. The molecular formula is C28H30O7. The maximum atomic E-state index is 13.9. The molecule has 1 aliphatic rings. The van der Waals surface area contributed by atoms with Gasteiger partial charge in [-0.1, -0.05) is 91.0 Å². The van der Waals surface area contributed by atoms with Gasteiger partial charge in [-0.05, 0) is 11.1 Å². The Kier molecular flexibility index (Phi) is 7.19. The summed E-state index contributed by atoms with van der Waals surface area (Å²) in [6.45, 7) is -0.685. The summed E-state index contributed by atoms with van der Waals surface area (Å²) in [6, 6.07) is 25.6. The van der Waals surface area contributed by atoms with Gasteiger partial charge in [-0.15, -0.1) is 0 Å². The van der Waals surface area contributed by atoms with Crippen LogP contribution >= 0.6 is 0 Å². The van der Waals surface area contributed by atoms with Crippen LogP contribution in [0.4, 0.5) is 0 Å². The molecule has 1 heterocycles. The average molecular weight is 479 g/mol. The van der Waals surface area contributed by atoms with Gasteiger partial charge in [0, 0.05) is 25.5 Å². The lowest BCUT2D eigenvalue weighted by atomic mass is 9.59. The third kappa shape index (κ3) is 4.21. The molecule has 0 spiro atoms. The summed E-state index contributed by atoms with van der Waals surface area (Å²) >= 11 is 0. The number of ketones is 1. The number of benzene rings is 3. The van der Waals surface area contributed by atoms with E-state index in [0.717, 1.165) is 0 Å². The predicted molar refractivity (Wildman–Crippen MR) is 129 cm³/mol. The highest BCUT2D eigenvalue weighted by Crippen LogP contribution is 2.49. The molecule has 4 rings (SSSR count). The van der Waals surface area contributed by atoms with E-state index in [0.29, 0.717) is 11.1 Å². The molecule has 0 amide bonds. The number of carbonyl (C=O) groups excluding carboxylic acids is 1. The van der Waals surface area contributed by atoms with Crippen molar-refractivity contribution >= 4 is 5.78 Å². The van der Waals surface area contributed by atoms with Crippen molar-refractivity contribution < 1.29 is 34.7 Å². The van der Waals surface area contributed by atoms with Gasteiger partial charge in [0.2, 0.25) is 11.4 Å². The number of aliphatic hydroxyl groups excluding tert-OH is 1. The van der Waals surface area contributed by atoms with Crippen molar-refractivity contribution in [3.05, 3.63) is 108 Å². The SMILES string of the molecule is CO[C@H]1O[C@H](CO)[C@](O)(Cc2ccccc2)[C@@](O)(Cc2ccccc2)[C@]1(O)C(=O)c1ccccc1. The van der Waals surface area contributed by atoms with E-state index in [1.807, 2.05) is 0 Å². The van der Waals surface area contributed by atoms with Gasteiger partial charge in [-0.3, -0.25) is 4.79 Å². The summed E-state index contributed by atoms with van der Waals surface area (Å²) in [6.07, 6.45) is -3.56. The first kappa shape index (κ1) is 25.2. The molecule has 1 aliphatic heterocycles. The van der Waals surface area contributed by atoms with Crippen LogP contribution in [-0.2, 0) is 22.3 Å². The standard InChI is InChI=1S/C28H30O7/c1-34-25-28(33,24(30)22-15-9-4-10-16-22)27(32,18-21-13-7-3-8-14-21)26(31,23(19-29)35-25)17-20-11-5-2-6-12-20/h2-16,23,25,29,31-33H,17-19H2,1H3/t23-,25+,26-,27+,28+/m1/s1. The molecule has 3 aromatic rings. The maximum Gasteiger partial charge on any atom is 0.210 e. The van der Waals surface area contributed by atoms with Crippen LogP contribution in [0.25, 0.3) is 0 Å². The highest BCUT2D eigenvalue weighted by atomic mass is 16.7. The third-order valence-corrected chi connectivity index (χ3v) is 6.89. The van der Waals surface area contributed by atoms with E-state index < -0.39 is 41.6 Å². The van der Waals surface area contributed by atoms with Gasteiger partial charge in [0.05, 0.1) is 6.61 Å². The van der Waals surface area contributed by atoms with E-state index in [-0.39, 0.29) is 18.4 Å². The van der Waals surface area contributed by atoms with Gasteiger partial charge in [0.25, 0.3) is 0 Å². The molecule has 0 aromatic heterocycles. The molecule has 0 unspecified atom stereocenters. The fourth-order valence-electron chi connectivity index (χ4n) is 5.02. The number of rotatable bonds is 8. The van der Waals surface area contributed by atoms with Crippen molar-refractivity contribution in [3.8, 4) is 0 Å². The number of hydrogen-bond donors (Lipinski definition) is 4. The number of methoxy groups -OCH3 is 1. The highest BCUT2D eigenvalue weighted by molar-refractivity contribution is 6.04. The minimum absolute atomic E-state index is 0.108. The smallest absolute Gasteiger partial charge is 0.210 e. The summed E-state index contributed by atoms with van der Waals surface area (Å²) in [5.41, 5.74) is -6.25. The van der Waals surface area contributed by atoms with E-state index >= 15 is 0 Å². The Hall–Kier alpha value is -2.91. The van der Waals surface area contributed by atoms with Crippen LogP contribution in [0.15, 0.2) is 91.0 Å². The molecule has 184 valence electrons. The van der Waals surface area contributed by atoms with E-state index in [4.69, 9.17) is 9.47 Å². The summed E-state index contributed by atoms with van der Waals surface area (Å²) in [5, 5.41) is 47.1.